The molecule has 0 N–H and O–H groups in total. The van der Waals surface area contributed by atoms with E-state index < -0.39 is 0 Å². The molecule has 1 heterocycles. The highest BCUT2D eigenvalue weighted by Crippen LogP contribution is 2.33. The van der Waals surface area contributed by atoms with Gasteiger partial charge in [-0.15, -0.1) is 0 Å². The fourth-order valence-electron chi connectivity index (χ4n) is 3.01. The van der Waals surface area contributed by atoms with Crippen LogP contribution in [0.15, 0.2) is 97.1 Å². The minimum atomic E-state index is 0.996. The summed E-state index contributed by atoms with van der Waals surface area (Å²) in [4.78, 5) is 5.01. The van der Waals surface area contributed by atoms with Crippen molar-refractivity contribution in [1.82, 2.24) is 4.98 Å². The SMILES string of the molecule is Cc1ccc(-c2ccc(-c3ccccc3)nc2-c2ccccc2)cc1. The van der Waals surface area contributed by atoms with E-state index in [2.05, 4.69) is 79.7 Å². The maximum Gasteiger partial charge on any atom is 0.0787 e. The van der Waals surface area contributed by atoms with E-state index in [-0.39, 0.29) is 0 Å². The molecule has 1 aromatic heterocycles. The largest absolute Gasteiger partial charge is 0.247 e. The number of hydrogen-bond acceptors (Lipinski definition) is 1. The molecule has 0 aliphatic heterocycles. The van der Waals surface area contributed by atoms with Gasteiger partial charge in [0.1, 0.15) is 0 Å². The number of aryl methyl sites for hydroxylation is 1. The molecule has 0 saturated carbocycles. The molecule has 1 nitrogen and oxygen atoms in total. The molecule has 0 spiro atoms. The minimum Gasteiger partial charge on any atom is -0.247 e. The summed E-state index contributed by atoms with van der Waals surface area (Å²) in [5.74, 6) is 0. The lowest BCUT2D eigenvalue weighted by Crippen LogP contribution is -1.92. The summed E-state index contributed by atoms with van der Waals surface area (Å²) < 4.78 is 0. The highest BCUT2D eigenvalue weighted by atomic mass is 14.7. The average molecular weight is 321 g/mol. The molecule has 4 aromatic rings. The third-order valence-electron chi connectivity index (χ3n) is 4.37. The Morgan fingerprint density at radius 3 is 1.76 bits per heavy atom. The fourth-order valence-corrected chi connectivity index (χ4v) is 3.01. The van der Waals surface area contributed by atoms with Crippen LogP contribution in [0.5, 0.6) is 0 Å². The van der Waals surface area contributed by atoms with Gasteiger partial charge in [-0.2, -0.15) is 0 Å². The van der Waals surface area contributed by atoms with Crippen molar-refractivity contribution < 1.29 is 0 Å². The van der Waals surface area contributed by atoms with E-state index >= 15 is 0 Å². The molecule has 0 saturated heterocycles. The van der Waals surface area contributed by atoms with Crippen molar-refractivity contribution in [2.24, 2.45) is 0 Å². The Balaban J connectivity index is 1.91. The number of benzene rings is 3. The summed E-state index contributed by atoms with van der Waals surface area (Å²) in [6, 6.07) is 33.6. The Hall–Kier alpha value is -3.19. The van der Waals surface area contributed by atoms with Gasteiger partial charge in [-0.3, -0.25) is 0 Å². The molecule has 0 unspecified atom stereocenters. The van der Waals surface area contributed by atoms with Gasteiger partial charge in [-0.25, -0.2) is 4.98 Å². The van der Waals surface area contributed by atoms with Crippen LogP contribution in [0.1, 0.15) is 5.56 Å². The summed E-state index contributed by atoms with van der Waals surface area (Å²) in [5, 5.41) is 0. The molecule has 0 bridgehead atoms. The number of nitrogens with zero attached hydrogens (tertiary/aromatic N) is 1. The van der Waals surface area contributed by atoms with Crippen molar-refractivity contribution in [2.45, 2.75) is 6.92 Å². The maximum atomic E-state index is 5.01. The van der Waals surface area contributed by atoms with Gasteiger partial charge in [0.25, 0.3) is 0 Å². The van der Waals surface area contributed by atoms with E-state index in [4.69, 9.17) is 4.98 Å². The summed E-state index contributed by atoms with van der Waals surface area (Å²) in [6.07, 6.45) is 0. The second kappa shape index (κ2) is 6.74. The Bertz CT molecular complexity index is 971. The van der Waals surface area contributed by atoms with Crippen molar-refractivity contribution in [3.63, 3.8) is 0 Å². The van der Waals surface area contributed by atoms with Crippen LogP contribution >= 0.6 is 0 Å². The Kier molecular flexibility index (Phi) is 4.14. The first-order valence-electron chi connectivity index (χ1n) is 8.50. The molecule has 120 valence electrons. The third kappa shape index (κ3) is 3.22. The van der Waals surface area contributed by atoms with Gasteiger partial charge in [0, 0.05) is 16.7 Å². The maximum absolute atomic E-state index is 5.01. The van der Waals surface area contributed by atoms with Crippen LogP contribution in [0.3, 0.4) is 0 Å². The predicted octanol–water partition coefficient (Wildman–Crippen LogP) is 6.39. The van der Waals surface area contributed by atoms with Crippen molar-refractivity contribution in [3.05, 3.63) is 103 Å². The molecular weight excluding hydrogens is 302 g/mol. The van der Waals surface area contributed by atoms with E-state index in [1.54, 1.807) is 0 Å². The molecule has 0 atom stereocenters. The zero-order valence-electron chi connectivity index (χ0n) is 14.2. The molecule has 0 fully saturated rings. The Labute approximate surface area is 148 Å². The van der Waals surface area contributed by atoms with E-state index in [1.807, 2.05) is 24.3 Å². The summed E-state index contributed by atoms with van der Waals surface area (Å²) in [6.45, 7) is 2.11. The smallest absolute Gasteiger partial charge is 0.0787 e. The Morgan fingerprint density at radius 1 is 0.520 bits per heavy atom. The lowest BCUT2D eigenvalue weighted by molar-refractivity contribution is 1.32. The number of pyridine rings is 1. The molecule has 0 aliphatic rings. The van der Waals surface area contributed by atoms with Crippen molar-refractivity contribution in [2.75, 3.05) is 0 Å². The first-order chi connectivity index (χ1) is 12.3. The first-order valence-corrected chi connectivity index (χ1v) is 8.50. The zero-order chi connectivity index (χ0) is 17.1. The van der Waals surface area contributed by atoms with Crippen LogP contribution in [0, 0.1) is 6.92 Å². The summed E-state index contributed by atoms with van der Waals surface area (Å²) >= 11 is 0. The standard InChI is InChI=1S/C24H19N/c1-18-12-14-19(15-13-18)22-16-17-23(20-8-4-2-5-9-20)25-24(22)21-10-6-3-7-11-21/h2-17H,1H3. The molecule has 0 radical (unpaired) electrons. The topological polar surface area (TPSA) is 12.9 Å². The Morgan fingerprint density at radius 2 is 1.12 bits per heavy atom. The highest BCUT2D eigenvalue weighted by Gasteiger charge is 2.11. The van der Waals surface area contributed by atoms with Gasteiger partial charge in [-0.05, 0) is 18.6 Å². The fraction of sp³-hybridized carbons (Fsp3) is 0.0417. The van der Waals surface area contributed by atoms with Gasteiger partial charge in [0.2, 0.25) is 0 Å². The molecule has 1 heteroatoms. The lowest BCUT2D eigenvalue weighted by atomic mass is 9.97. The average Bonchev–Trinajstić information content (AvgIpc) is 2.70. The number of aromatic nitrogens is 1. The third-order valence-corrected chi connectivity index (χ3v) is 4.37. The van der Waals surface area contributed by atoms with Gasteiger partial charge in [0.05, 0.1) is 11.4 Å². The van der Waals surface area contributed by atoms with E-state index in [9.17, 15) is 0 Å². The quantitative estimate of drug-likeness (QED) is 0.426. The van der Waals surface area contributed by atoms with Gasteiger partial charge >= 0.3 is 0 Å². The van der Waals surface area contributed by atoms with E-state index in [0.29, 0.717) is 0 Å². The number of hydrogen-bond donors (Lipinski definition) is 0. The van der Waals surface area contributed by atoms with E-state index in [1.165, 1.54) is 11.1 Å². The van der Waals surface area contributed by atoms with Crippen LogP contribution in [0.2, 0.25) is 0 Å². The van der Waals surface area contributed by atoms with Gasteiger partial charge in [0.15, 0.2) is 0 Å². The predicted molar refractivity (Wildman–Crippen MR) is 105 cm³/mol. The first kappa shape index (κ1) is 15.3. The lowest BCUT2D eigenvalue weighted by Gasteiger charge is -2.12. The normalized spacial score (nSPS) is 10.6. The molecule has 4 rings (SSSR count). The second-order valence-electron chi connectivity index (χ2n) is 6.19. The summed E-state index contributed by atoms with van der Waals surface area (Å²) in [5.41, 5.74) is 7.90. The highest BCUT2D eigenvalue weighted by molar-refractivity contribution is 5.82. The molecule has 0 aliphatic carbocycles. The molecular formula is C24H19N. The minimum absolute atomic E-state index is 0.996. The van der Waals surface area contributed by atoms with Gasteiger partial charge < -0.3 is 0 Å². The monoisotopic (exact) mass is 321 g/mol. The van der Waals surface area contributed by atoms with Crippen molar-refractivity contribution in [1.29, 1.82) is 0 Å². The molecule has 0 amide bonds. The van der Waals surface area contributed by atoms with Crippen LogP contribution in [0.25, 0.3) is 33.6 Å². The zero-order valence-corrected chi connectivity index (χ0v) is 14.2. The van der Waals surface area contributed by atoms with E-state index in [0.717, 1.165) is 28.1 Å². The summed E-state index contributed by atoms with van der Waals surface area (Å²) in [7, 11) is 0. The second-order valence-corrected chi connectivity index (χ2v) is 6.19. The van der Waals surface area contributed by atoms with Crippen LogP contribution in [-0.4, -0.2) is 4.98 Å². The van der Waals surface area contributed by atoms with Gasteiger partial charge in [-0.1, -0.05) is 96.6 Å². The molecule has 3 aromatic carbocycles. The molecule has 25 heavy (non-hydrogen) atoms. The van der Waals surface area contributed by atoms with Crippen molar-refractivity contribution >= 4 is 0 Å². The van der Waals surface area contributed by atoms with Crippen molar-refractivity contribution in [3.8, 4) is 33.6 Å². The van der Waals surface area contributed by atoms with Crippen LogP contribution in [0.4, 0.5) is 0 Å². The van der Waals surface area contributed by atoms with Crippen LogP contribution < -0.4 is 0 Å². The number of rotatable bonds is 3. The van der Waals surface area contributed by atoms with Crippen LogP contribution in [-0.2, 0) is 0 Å².